The summed E-state index contributed by atoms with van der Waals surface area (Å²) in [6, 6.07) is 11.1. The van der Waals surface area contributed by atoms with E-state index in [4.69, 9.17) is 9.84 Å². The molecule has 0 fully saturated rings. The van der Waals surface area contributed by atoms with E-state index < -0.39 is 0 Å². The van der Waals surface area contributed by atoms with Gasteiger partial charge in [-0.15, -0.1) is 0 Å². The molecule has 0 unspecified atom stereocenters. The normalized spacial score (nSPS) is 11.4. The van der Waals surface area contributed by atoms with Gasteiger partial charge in [0, 0.05) is 25.2 Å². The summed E-state index contributed by atoms with van der Waals surface area (Å²) in [5.74, 6) is 0.473. The Hall–Kier alpha value is -3.52. The van der Waals surface area contributed by atoms with Gasteiger partial charge in [-0.05, 0) is 55.8 Å². The van der Waals surface area contributed by atoms with E-state index >= 15 is 0 Å². The molecule has 8 heteroatoms. The molecule has 0 aliphatic heterocycles. The second kappa shape index (κ2) is 7.96. The number of aromatic nitrogens is 4. The summed E-state index contributed by atoms with van der Waals surface area (Å²) in [6.45, 7) is 4.55. The van der Waals surface area contributed by atoms with Gasteiger partial charge >= 0.3 is 5.69 Å². The Labute approximate surface area is 179 Å². The lowest BCUT2D eigenvalue weighted by atomic mass is 10.0. The molecule has 0 aliphatic rings. The van der Waals surface area contributed by atoms with Crippen LogP contribution in [0.1, 0.15) is 12.5 Å². The summed E-state index contributed by atoms with van der Waals surface area (Å²) in [5, 5.41) is 24.3. The van der Waals surface area contributed by atoms with E-state index in [-0.39, 0.29) is 18.0 Å². The van der Waals surface area contributed by atoms with E-state index in [0.717, 1.165) is 39.1 Å². The lowest BCUT2D eigenvalue weighted by molar-refractivity contribution is 0.270. The highest BCUT2D eigenvalue weighted by atomic mass is 16.5. The van der Waals surface area contributed by atoms with Crippen LogP contribution in [-0.2, 0) is 20.6 Å². The molecule has 2 aromatic carbocycles. The maximum Gasteiger partial charge on any atom is 0.328 e. The zero-order valence-corrected chi connectivity index (χ0v) is 18.1. The molecule has 0 saturated carbocycles. The molecule has 0 radical (unpaired) electrons. The Morgan fingerprint density at radius 3 is 2.45 bits per heavy atom. The maximum atomic E-state index is 12.3. The Balaban J connectivity index is 1.88. The summed E-state index contributed by atoms with van der Waals surface area (Å²) < 4.78 is 10.5. The summed E-state index contributed by atoms with van der Waals surface area (Å²) in [6.07, 6.45) is 0. The zero-order valence-electron chi connectivity index (χ0n) is 18.1. The molecule has 2 aromatic heterocycles. The molecular weight excluding hydrogens is 396 g/mol. The first-order valence-corrected chi connectivity index (χ1v) is 10.2. The van der Waals surface area contributed by atoms with Gasteiger partial charge in [0.05, 0.1) is 42.2 Å². The minimum absolute atomic E-state index is 0.0598. The van der Waals surface area contributed by atoms with Gasteiger partial charge in [-0.3, -0.25) is 13.8 Å². The van der Waals surface area contributed by atoms with Crippen molar-refractivity contribution in [3.8, 4) is 34.0 Å². The molecule has 8 nitrogen and oxygen atoms in total. The number of phenolic OH excluding ortho intramolecular Hbond substituents is 1. The van der Waals surface area contributed by atoms with Crippen molar-refractivity contribution in [3.05, 3.63) is 52.4 Å². The van der Waals surface area contributed by atoms with Crippen LogP contribution >= 0.6 is 0 Å². The lowest BCUT2D eigenvalue weighted by Crippen LogP contribution is -2.19. The van der Waals surface area contributed by atoms with Crippen molar-refractivity contribution in [2.75, 3.05) is 13.2 Å². The molecule has 0 saturated heterocycles. The molecule has 0 amide bonds. The Morgan fingerprint density at radius 2 is 1.77 bits per heavy atom. The van der Waals surface area contributed by atoms with Crippen LogP contribution in [0, 0.1) is 6.92 Å². The molecular formula is C23H26N4O4. The van der Waals surface area contributed by atoms with Crippen LogP contribution in [0.2, 0.25) is 0 Å². The van der Waals surface area contributed by atoms with Crippen LogP contribution < -0.4 is 10.4 Å². The number of rotatable bonds is 6. The van der Waals surface area contributed by atoms with E-state index in [1.165, 1.54) is 0 Å². The average Bonchev–Trinajstić information content (AvgIpc) is 3.25. The molecule has 0 spiro atoms. The van der Waals surface area contributed by atoms with E-state index in [1.54, 1.807) is 46.1 Å². The Bertz CT molecular complexity index is 1330. The number of aromatic hydroxyl groups is 1. The van der Waals surface area contributed by atoms with Gasteiger partial charge in [0.15, 0.2) is 11.5 Å². The maximum absolute atomic E-state index is 12.3. The van der Waals surface area contributed by atoms with Crippen molar-refractivity contribution in [1.82, 2.24) is 18.9 Å². The molecule has 2 N–H and O–H groups in total. The molecule has 0 atom stereocenters. The fraction of sp³-hybridized carbons (Fsp3) is 0.304. The first-order valence-electron chi connectivity index (χ1n) is 10.2. The molecule has 2 heterocycles. The third-order valence-corrected chi connectivity index (χ3v) is 5.54. The zero-order chi connectivity index (χ0) is 22.3. The van der Waals surface area contributed by atoms with E-state index in [9.17, 15) is 15.0 Å². The highest BCUT2D eigenvalue weighted by molar-refractivity contribution is 5.85. The number of phenols is 1. The number of hydrogen-bond acceptors (Lipinski definition) is 5. The van der Waals surface area contributed by atoms with Crippen molar-refractivity contribution in [3.63, 3.8) is 0 Å². The third kappa shape index (κ3) is 3.48. The molecule has 4 aromatic rings. The van der Waals surface area contributed by atoms with Crippen LogP contribution in [0.3, 0.4) is 0 Å². The van der Waals surface area contributed by atoms with Gasteiger partial charge in [-0.2, -0.15) is 5.10 Å². The van der Waals surface area contributed by atoms with Gasteiger partial charge in [-0.1, -0.05) is 0 Å². The van der Waals surface area contributed by atoms with Gasteiger partial charge in [0.1, 0.15) is 0 Å². The summed E-state index contributed by atoms with van der Waals surface area (Å²) in [5.41, 5.74) is 5.88. The standard InChI is InChI=1S/C23H26N4O4/c1-5-31-22-11-15(6-7-21(22)29)18-13-17(24-27(18)8-9-28)16-12-20-19(10-14(16)2)25(3)23(30)26(20)4/h6-7,10-13,28-29H,5,8-9H2,1-4H3. The quantitative estimate of drug-likeness (QED) is 0.498. The lowest BCUT2D eigenvalue weighted by Gasteiger charge is -2.09. The SMILES string of the molecule is CCOc1cc(-c2cc(-c3cc4c(cc3C)n(C)c(=O)n4C)nn2CCO)ccc1O. The van der Waals surface area contributed by atoms with Crippen LogP contribution in [0.15, 0.2) is 41.2 Å². The van der Waals surface area contributed by atoms with Gasteiger partial charge in [0.2, 0.25) is 0 Å². The van der Waals surface area contributed by atoms with Crippen molar-refractivity contribution >= 4 is 11.0 Å². The summed E-state index contributed by atoms with van der Waals surface area (Å²) in [7, 11) is 3.52. The van der Waals surface area contributed by atoms with Gasteiger partial charge in [0.25, 0.3) is 0 Å². The van der Waals surface area contributed by atoms with Gasteiger partial charge in [-0.25, -0.2) is 4.79 Å². The molecule has 4 rings (SSSR count). The van der Waals surface area contributed by atoms with Crippen molar-refractivity contribution in [2.24, 2.45) is 14.1 Å². The van der Waals surface area contributed by atoms with E-state index in [0.29, 0.717) is 18.9 Å². The second-order valence-corrected chi connectivity index (χ2v) is 7.53. The van der Waals surface area contributed by atoms with Gasteiger partial charge < -0.3 is 14.9 Å². The smallest absolute Gasteiger partial charge is 0.328 e. The topological polar surface area (TPSA) is 94.4 Å². The number of benzene rings is 2. The van der Waals surface area contributed by atoms with Crippen molar-refractivity contribution < 1.29 is 14.9 Å². The molecule has 0 bridgehead atoms. The number of aliphatic hydroxyl groups is 1. The fourth-order valence-corrected chi connectivity index (χ4v) is 3.92. The predicted molar refractivity (Wildman–Crippen MR) is 119 cm³/mol. The van der Waals surface area contributed by atoms with E-state index in [2.05, 4.69) is 0 Å². The Kier molecular flexibility index (Phi) is 5.32. The van der Waals surface area contributed by atoms with Crippen molar-refractivity contribution in [1.29, 1.82) is 0 Å². The second-order valence-electron chi connectivity index (χ2n) is 7.53. The average molecular weight is 422 g/mol. The highest BCUT2D eigenvalue weighted by Gasteiger charge is 2.17. The van der Waals surface area contributed by atoms with Crippen LogP contribution in [0.5, 0.6) is 11.5 Å². The van der Waals surface area contributed by atoms with Crippen LogP contribution in [-0.4, -0.2) is 42.3 Å². The predicted octanol–water partition coefficient (Wildman–Crippen LogP) is 2.81. The van der Waals surface area contributed by atoms with Crippen molar-refractivity contribution in [2.45, 2.75) is 20.4 Å². The minimum atomic E-state index is -0.0782. The number of aryl methyl sites for hydroxylation is 3. The number of aliphatic hydroxyl groups excluding tert-OH is 1. The third-order valence-electron chi connectivity index (χ3n) is 5.54. The van der Waals surface area contributed by atoms with Crippen LogP contribution in [0.4, 0.5) is 0 Å². The Morgan fingerprint density at radius 1 is 1.06 bits per heavy atom. The number of ether oxygens (including phenoxy) is 1. The molecule has 0 aliphatic carbocycles. The monoisotopic (exact) mass is 422 g/mol. The summed E-state index contributed by atoms with van der Waals surface area (Å²) in [4.78, 5) is 12.3. The first-order chi connectivity index (χ1) is 14.8. The van der Waals surface area contributed by atoms with Crippen LogP contribution in [0.25, 0.3) is 33.5 Å². The molecule has 31 heavy (non-hydrogen) atoms. The highest BCUT2D eigenvalue weighted by Crippen LogP contribution is 2.35. The number of nitrogens with zero attached hydrogens (tertiary/aromatic N) is 4. The number of fused-ring (bicyclic) bond motifs is 1. The largest absolute Gasteiger partial charge is 0.504 e. The summed E-state index contributed by atoms with van der Waals surface area (Å²) >= 11 is 0. The number of imidazole rings is 1. The first kappa shape index (κ1) is 20.7. The molecule has 162 valence electrons. The fourth-order valence-electron chi connectivity index (χ4n) is 3.92. The minimum Gasteiger partial charge on any atom is -0.504 e. The van der Waals surface area contributed by atoms with E-state index in [1.807, 2.05) is 32.0 Å². The number of hydrogen-bond donors (Lipinski definition) is 2.